The molecule has 5 atom stereocenters. The van der Waals surface area contributed by atoms with Gasteiger partial charge in [0, 0.05) is 20.2 Å². The number of rotatable bonds is 18. The number of nitrogens with zero attached hydrogens (tertiary/aromatic N) is 1. The van der Waals surface area contributed by atoms with E-state index in [0.29, 0.717) is 11.8 Å². The molecule has 2 aliphatic rings. The molecule has 0 spiro atoms. The van der Waals surface area contributed by atoms with E-state index in [1.54, 1.807) is 14.1 Å². The van der Waals surface area contributed by atoms with Crippen LogP contribution in [-0.4, -0.2) is 58.2 Å². The third kappa shape index (κ3) is 10.1. The largest absolute Gasteiger partial charge is 0.482 e. The highest BCUT2D eigenvalue weighted by Crippen LogP contribution is 2.50. The Hall–Kier alpha value is -2.84. The summed E-state index contributed by atoms with van der Waals surface area (Å²) in [6, 6.07) is 19.3. The van der Waals surface area contributed by atoms with E-state index in [1.807, 2.05) is 42.5 Å². The normalized spacial score (nSPS) is 21.0. The van der Waals surface area contributed by atoms with E-state index in [0.717, 1.165) is 68.0 Å². The zero-order valence-electron chi connectivity index (χ0n) is 29.8. The van der Waals surface area contributed by atoms with Crippen LogP contribution < -0.4 is 4.74 Å². The first-order valence-corrected chi connectivity index (χ1v) is 20.7. The molecule has 8 heteroatoms. The molecule has 0 N–H and O–H groups in total. The Kier molecular flexibility index (Phi) is 14.2. The van der Waals surface area contributed by atoms with Gasteiger partial charge in [-0.2, -0.15) is 0 Å². The molecule has 7 nitrogen and oxygen atoms in total. The van der Waals surface area contributed by atoms with Crippen molar-refractivity contribution < 1.29 is 28.2 Å². The number of hydrogen-bond donors (Lipinski definition) is 0. The summed E-state index contributed by atoms with van der Waals surface area (Å²) >= 11 is 0. The van der Waals surface area contributed by atoms with E-state index in [1.165, 1.54) is 35.3 Å². The van der Waals surface area contributed by atoms with Crippen LogP contribution in [0.3, 0.4) is 0 Å². The molecule has 1 saturated carbocycles. The van der Waals surface area contributed by atoms with Gasteiger partial charge >= 0.3 is 12.1 Å². The molecule has 2 aromatic carbocycles. The van der Waals surface area contributed by atoms with Crippen molar-refractivity contribution in [3.05, 3.63) is 65.2 Å². The fourth-order valence-electron chi connectivity index (χ4n) is 7.81. The maximum absolute atomic E-state index is 12.9. The van der Waals surface area contributed by atoms with Crippen molar-refractivity contribution in [3.8, 4) is 5.75 Å². The van der Waals surface area contributed by atoms with Gasteiger partial charge in [0.25, 0.3) is 0 Å². The van der Waals surface area contributed by atoms with E-state index >= 15 is 0 Å². The molecular weight excluding hydrogens is 607 g/mol. The van der Waals surface area contributed by atoms with Crippen molar-refractivity contribution >= 4 is 20.4 Å². The second-order valence-corrected chi connectivity index (χ2v) is 18.7. The predicted octanol–water partition coefficient (Wildman–Crippen LogP) is 8.98. The number of ether oxygens (including phenoxy) is 3. The maximum Gasteiger partial charge on any atom is 0.409 e. The number of benzene rings is 2. The molecule has 0 unspecified atom stereocenters. The van der Waals surface area contributed by atoms with Gasteiger partial charge in [0.1, 0.15) is 18.5 Å². The minimum Gasteiger partial charge on any atom is -0.482 e. The average Bonchev–Trinajstić information content (AvgIpc) is 3.42. The third-order valence-corrected chi connectivity index (χ3v) is 15.5. The lowest BCUT2D eigenvalue weighted by molar-refractivity contribution is -0.147. The lowest BCUT2D eigenvalue weighted by Gasteiger charge is -2.36. The second-order valence-electron chi connectivity index (χ2n) is 13.9. The van der Waals surface area contributed by atoms with E-state index < -0.39 is 8.32 Å². The summed E-state index contributed by atoms with van der Waals surface area (Å²) in [7, 11) is 1.77. The Bertz CT molecular complexity index is 1260. The van der Waals surface area contributed by atoms with Gasteiger partial charge in [-0.05, 0) is 97.2 Å². The Morgan fingerprint density at radius 1 is 0.915 bits per heavy atom. The van der Waals surface area contributed by atoms with Crippen LogP contribution in [0, 0.1) is 17.8 Å². The summed E-state index contributed by atoms with van der Waals surface area (Å²) in [4.78, 5) is 26.9. The van der Waals surface area contributed by atoms with E-state index in [-0.39, 0.29) is 43.4 Å². The van der Waals surface area contributed by atoms with Gasteiger partial charge in [0.15, 0.2) is 14.9 Å². The van der Waals surface area contributed by atoms with Crippen LogP contribution in [0.15, 0.2) is 48.5 Å². The quantitative estimate of drug-likeness (QED) is 0.0899. The van der Waals surface area contributed by atoms with Crippen molar-refractivity contribution in [1.29, 1.82) is 0 Å². The molecule has 0 saturated heterocycles. The lowest BCUT2D eigenvalue weighted by Crippen LogP contribution is -2.40. The lowest BCUT2D eigenvalue weighted by atomic mass is 9.73. The predicted molar refractivity (Wildman–Crippen MR) is 190 cm³/mol. The monoisotopic (exact) mass is 665 g/mol. The summed E-state index contributed by atoms with van der Waals surface area (Å²) in [6.45, 7) is 9.30. The van der Waals surface area contributed by atoms with E-state index in [2.05, 4.69) is 33.8 Å². The van der Waals surface area contributed by atoms with Gasteiger partial charge in [0.2, 0.25) is 0 Å². The fourth-order valence-corrected chi connectivity index (χ4v) is 10.8. The van der Waals surface area contributed by atoms with Crippen molar-refractivity contribution in [2.24, 2.45) is 17.8 Å². The molecule has 47 heavy (non-hydrogen) atoms. The molecule has 0 aliphatic heterocycles. The molecule has 0 bridgehead atoms. The molecule has 260 valence electrons. The molecule has 2 aromatic rings. The van der Waals surface area contributed by atoms with Crippen LogP contribution >= 0.6 is 0 Å². The Morgan fingerprint density at radius 3 is 2.34 bits per heavy atom. The number of hydrogen-bond acceptors (Lipinski definition) is 6. The number of carbonyl (C=O) groups excluding carboxylic acids is 2. The number of amides is 1. The van der Waals surface area contributed by atoms with Crippen LogP contribution in [0.4, 0.5) is 4.79 Å². The van der Waals surface area contributed by atoms with Crippen LogP contribution in [-0.2, 0) is 38.1 Å². The molecule has 2 aliphatic carbocycles. The summed E-state index contributed by atoms with van der Waals surface area (Å²) in [6.07, 6.45) is 9.31. The Balaban J connectivity index is 1.47. The standard InChI is InChI=1S/C39H59NO6Si/c1-7-11-13-20-32(46-47(8-2,9-3)10-4)22-23-33-34-24-30-19-16-21-36(43-28-38(41)44-27-29-17-14-12-15-18-29)35(30)25-31(34)26-37(33)45-39(42)40(5)6/h12,14-19,21,31-34,37H,7-11,13,20,22-28H2,1-6H3/t31-,32-,33+,34-,37+/m0/s1. The van der Waals surface area contributed by atoms with Gasteiger partial charge in [0.05, 0.1) is 0 Å². The SMILES string of the molecule is CCCCC[C@@H](CC[C@@H]1[C@H]2Cc3cccc(OCC(=O)OCc4ccccc4)c3C[C@H]2C[C@H]1OC(=O)N(C)C)O[Si](CC)(CC)CC. The van der Waals surface area contributed by atoms with Crippen LogP contribution in [0.25, 0.3) is 0 Å². The van der Waals surface area contributed by atoms with Gasteiger partial charge in [-0.25, -0.2) is 9.59 Å². The van der Waals surface area contributed by atoms with Crippen molar-refractivity contribution in [3.63, 3.8) is 0 Å². The summed E-state index contributed by atoms with van der Waals surface area (Å²) in [5.74, 6) is 1.47. The van der Waals surface area contributed by atoms with Gasteiger partial charge in [-0.15, -0.1) is 0 Å². The number of esters is 1. The molecule has 0 radical (unpaired) electrons. The van der Waals surface area contributed by atoms with Crippen molar-refractivity contribution in [2.75, 3.05) is 20.7 Å². The summed E-state index contributed by atoms with van der Waals surface area (Å²) in [5.41, 5.74) is 3.40. The van der Waals surface area contributed by atoms with Crippen LogP contribution in [0.2, 0.25) is 18.1 Å². The van der Waals surface area contributed by atoms with Gasteiger partial charge < -0.3 is 23.5 Å². The number of unbranched alkanes of at least 4 members (excludes halogenated alkanes) is 2. The first kappa shape index (κ1) is 37.0. The molecular formula is C39H59NO6Si. The molecule has 1 amide bonds. The number of carbonyl (C=O) groups is 2. The smallest absolute Gasteiger partial charge is 0.409 e. The molecule has 4 rings (SSSR count). The number of fused-ring (bicyclic) bond motifs is 2. The minimum absolute atomic E-state index is 0.117. The van der Waals surface area contributed by atoms with Crippen molar-refractivity contribution in [1.82, 2.24) is 4.90 Å². The van der Waals surface area contributed by atoms with Crippen LogP contribution in [0.5, 0.6) is 5.75 Å². The summed E-state index contributed by atoms with van der Waals surface area (Å²) in [5, 5.41) is 0. The summed E-state index contributed by atoms with van der Waals surface area (Å²) < 4.78 is 24.8. The first-order valence-electron chi connectivity index (χ1n) is 18.2. The topological polar surface area (TPSA) is 74.3 Å². The Morgan fingerprint density at radius 2 is 1.66 bits per heavy atom. The average molecular weight is 666 g/mol. The zero-order chi connectivity index (χ0) is 33.8. The van der Waals surface area contributed by atoms with E-state index in [9.17, 15) is 9.59 Å². The first-order chi connectivity index (χ1) is 22.7. The highest BCUT2D eigenvalue weighted by Gasteiger charge is 2.47. The molecule has 0 heterocycles. The highest BCUT2D eigenvalue weighted by atomic mass is 28.4. The van der Waals surface area contributed by atoms with Crippen molar-refractivity contribution in [2.45, 2.75) is 122 Å². The third-order valence-electron chi connectivity index (χ3n) is 10.8. The van der Waals surface area contributed by atoms with E-state index in [4.69, 9.17) is 18.6 Å². The zero-order valence-corrected chi connectivity index (χ0v) is 30.8. The fraction of sp³-hybridized carbons (Fsp3) is 0.641. The second kappa shape index (κ2) is 18.1. The maximum atomic E-state index is 12.9. The molecule has 0 aromatic heterocycles. The highest BCUT2D eigenvalue weighted by molar-refractivity contribution is 6.73. The molecule has 1 fully saturated rings. The van der Waals surface area contributed by atoms with Gasteiger partial charge in [-0.1, -0.05) is 89.4 Å². The Labute approximate surface area is 284 Å². The van der Waals surface area contributed by atoms with Crippen LogP contribution in [0.1, 0.15) is 89.3 Å². The minimum atomic E-state index is -1.74. The van der Waals surface area contributed by atoms with Gasteiger partial charge in [-0.3, -0.25) is 0 Å².